The molecule has 1 aliphatic carbocycles. The molecule has 1 aliphatic rings. The molecule has 1 aromatic carbocycles. The van der Waals surface area contributed by atoms with E-state index in [1.807, 2.05) is 0 Å². The van der Waals surface area contributed by atoms with Gasteiger partial charge < -0.3 is 10.4 Å². The molecule has 1 aromatic rings. The summed E-state index contributed by atoms with van der Waals surface area (Å²) in [6.07, 6.45) is 3.94. The number of aliphatic hydroxyl groups is 1. The highest BCUT2D eigenvalue weighted by molar-refractivity contribution is 14.1. The van der Waals surface area contributed by atoms with Crippen LogP contribution in [0.1, 0.15) is 25.7 Å². The summed E-state index contributed by atoms with van der Waals surface area (Å²) < 4.78 is 1.27. The smallest absolute Gasteiger partial charge is 0.0541 e. The topological polar surface area (TPSA) is 32.3 Å². The molecule has 2 N–H and O–H groups in total. The van der Waals surface area contributed by atoms with E-state index in [4.69, 9.17) is 0 Å². The van der Waals surface area contributed by atoms with Gasteiger partial charge >= 0.3 is 0 Å². The highest BCUT2D eigenvalue weighted by Crippen LogP contribution is 2.24. The molecule has 0 aromatic heterocycles. The molecule has 1 fully saturated rings. The molecule has 15 heavy (non-hydrogen) atoms. The summed E-state index contributed by atoms with van der Waals surface area (Å²) in [6.45, 7) is 0. The lowest BCUT2D eigenvalue weighted by Gasteiger charge is -2.27. The molecular weight excluding hydrogens is 301 g/mol. The van der Waals surface area contributed by atoms with E-state index in [-0.39, 0.29) is 6.10 Å². The summed E-state index contributed by atoms with van der Waals surface area (Å²) >= 11 is 2.35. The monoisotopic (exact) mass is 317 g/mol. The SMILES string of the molecule is OC1CCC(Nc2ccccc2I)CC1. The minimum Gasteiger partial charge on any atom is -0.393 e. The maximum Gasteiger partial charge on any atom is 0.0541 e. The van der Waals surface area contributed by atoms with Crippen LogP contribution in [0.25, 0.3) is 0 Å². The first-order chi connectivity index (χ1) is 7.25. The van der Waals surface area contributed by atoms with Crippen LogP contribution in [0.2, 0.25) is 0 Å². The van der Waals surface area contributed by atoms with Gasteiger partial charge in [0.05, 0.1) is 6.10 Å². The highest BCUT2D eigenvalue weighted by Gasteiger charge is 2.19. The van der Waals surface area contributed by atoms with Gasteiger partial charge in [0.15, 0.2) is 0 Å². The largest absolute Gasteiger partial charge is 0.393 e. The average molecular weight is 317 g/mol. The number of aliphatic hydroxyl groups excluding tert-OH is 1. The Balaban J connectivity index is 1.95. The van der Waals surface area contributed by atoms with Gasteiger partial charge in [-0.05, 0) is 60.4 Å². The van der Waals surface area contributed by atoms with Gasteiger partial charge in [0.1, 0.15) is 0 Å². The third kappa shape index (κ3) is 3.08. The molecular formula is C12H16INO. The van der Waals surface area contributed by atoms with Crippen molar-refractivity contribution in [2.24, 2.45) is 0 Å². The van der Waals surface area contributed by atoms with Crippen molar-refractivity contribution in [3.05, 3.63) is 27.8 Å². The van der Waals surface area contributed by atoms with Crippen LogP contribution < -0.4 is 5.32 Å². The molecule has 0 saturated heterocycles. The van der Waals surface area contributed by atoms with Crippen LogP contribution in [-0.2, 0) is 0 Å². The Morgan fingerprint density at radius 1 is 1.13 bits per heavy atom. The van der Waals surface area contributed by atoms with Crippen molar-refractivity contribution in [2.75, 3.05) is 5.32 Å². The molecule has 0 amide bonds. The molecule has 0 bridgehead atoms. The van der Waals surface area contributed by atoms with Gasteiger partial charge in [0.2, 0.25) is 0 Å². The van der Waals surface area contributed by atoms with Gasteiger partial charge in [-0.1, -0.05) is 12.1 Å². The number of anilines is 1. The first kappa shape index (κ1) is 11.2. The Morgan fingerprint density at radius 3 is 2.47 bits per heavy atom. The number of benzene rings is 1. The van der Waals surface area contributed by atoms with E-state index in [9.17, 15) is 5.11 Å². The molecule has 2 rings (SSSR count). The van der Waals surface area contributed by atoms with Crippen molar-refractivity contribution in [1.29, 1.82) is 0 Å². The van der Waals surface area contributed by atoms with E-state index in [1.54, 1.807) is 0 Å². The summed E-state index contributed by atoms with van der Waals surface area (Å²) in [6, 6.07) is 8.87. The summed E-state index contributed by atoms with van der Waals surface area (Å²) in [5, 5.41) is 13.0. The maximum absolute atomic E-state index is 9.42. The standard InChI is InChI=1S/C12H16INO/c13-11-3-1-2-4-12(11)14-9-5-7-10(15)8-6-9/h1-4,9-10,14-15H,5-8H2. The van der Waals surface area contributed by atoms with Gasteiger partial charge in [-0.2, -0.15) is 0 Å². The fourth-order valence-electron chi connectivity index (χ4n) is 2.02. The molecule has 3 heteroatoms. The second-order valence-corrected chi connectivity index (χ2v) is 5.29. The molecule has 0 heterocycles. The summed E-state index contributed by atoms with van der Waals surface area (Å²) in [7, 11) is 0. The second-order valence-electron chi connectivity index (χ2n) is 4.13. The van der Waals surface area contributed by atoms with Crippen LogP contribution in [0.3, 0.4) is 0 Å². The van der Waals surface area contributed by atoms with Crippen LogP contribution in [0, 0.1) is 3.57 Å². The van der Waals surface area contributed by atoms with Crippen molar-refractivity contribution in [3.63, 3.8) is 0 Å². The van der Waals surface area contributed by atoms with Crippen molar-refractivity contribution in [2.45, 2.75) is 37.8 Å². The second kappa shape index (κ2) is 5.16. The zero-order chi connectivity index (χ0) is 10.7. The molecule has 0 radical (unpaired) electrons. The lowest BCUT2D eigenvalue weighted by molar-refractivity contribution is 0.126. The molecule has 2 nitrogen and oxygen atoms in total. The molecule has 82 valence electrons. The molecule has 0 spiro atoms. The third-order valence-corrected chi connectivity index (χ3v) is 3.87. The number of para-hydroxylation sites is 1. The van der Waals surface area contributed by atoms with Crippen LogP contribution in [-0.4, -0.2) is 17.3 Å². The van der Waals surface area contributed by atoms with Gasteiger partial charge in [0, 0.05) is 15.3 Å². The van der Waals surface area contributed by atoms with Gasteiger partial charge in [0.25, 0.3) is 0 Å². The number of hydrogen-bond donors (Lipinski definition) is 2. The van der Waals surface area contributed by atoms with Gasteiger partial charge in [-0.25, -0.2) is 0 Å². The molecule has 0 unspecified atom stereocenters. The lowest BCUT2D eigenvalue weighted by Crippen LogP contribution is -2.28. The van der Waals surface area contributed by atoms with E-state index in [0.717, 1.165) is 25.7 Å². The van der Waals surface area contributed by atoms with E-state index in [0.29, 0.717) is 6.04 Å². The van der Waals surface area contributed by atoms with E-state index in [2.05, 4.69) is 52.2 Å². The van der Waals surface area contributed by atoms with Gasteiger partial charge in [-0.15, -0.1) is 0 Å². The van der Waals surface area contributed by atoms with Crippen LogP contribution in [0.5, 0.6) is 0 Å². The normalized spacial score (nSPS) is 26.3. The number of rotatable bonds is 2. The first-order valence-corrected chi connectivity index (χ1v) is 6.52. The summed E-state index contributed by atoms with van der Waals surface area (Å²) in [5.74, 6) is 0. The Morgan fingerprint density at radius 2 is 1.80 bits per heavy atom. The summed E-state index contributed by atoms with van der Waals surface area (Å²) in [5.41, 5.74) is 1.22. The first-order valence-electron chi connectivity index (χ1n) is 5.45. The zero-order valence-electron chi connectivity index (χ0n) is 8.62. The lowest BCUT2D eigenvalue weighted by atomic mass is 9.93. The van der Waals surface area contributed by atoms with E-state index >= 15 is 0 Å². The molecule has 1 saturated carbocycles. The van der Waals surface area contributed by atoms with Crippen LogP contribution >= 0.6 is 22.6 Å². The molecule has 0 aliphatic heterocycles. The fourth-order valence-corrected chi connectivity index (χ4v) is 2.56. The number of nitrogens with one attached hydrogen (secondary N) is 1. The highest BCUT2D eigenvalue weighted by atomic mass is 127. The van der Waals surface area contributed by atoms with Crippen molar-refractivity contribution < 1.29 is 5.11 Å². The average Bonchev–Trinajstić information content (AvgIpc) is 2.25. The number of halogens is 1. The Bertz CT molecular complexity index is 321. The Labute approximate surface area is 104 Å². The predicted molar refractivity (Wildman–Crippen MR) is 71.0 cm³/mol. The van der Waals surface area contributed by atoms with Crippen molar-refractivity contribution in [3.8, 4) is 0 Å². The zero-order valence-corrected chi connectivity index (χ0v) is 10.8. The predicted octanol–water partition coefficient (Wildman–Crippen LogP) is 3.01. The minimum absolute atomic E-state index is 0.0714. The molecule has 0 atom stereocenters. The van der Waals surface area contributed by atoms with E-state index in [1.165, 1.54) is 9.26 Å². The van der Waals surface area contributed by atoms with E-state index < -0.39 is 0 Å². The maximum atomic E-state index is 9.42. The quantitative estimate of drug-likeness (QED) is 0.822. The summed E-state index contributed by atoms with van der Waals surface area (Å²) in [4.78, 5) is 0. The third-order valence-electron chi connectivity index (χ3n) is 2.93. The van der Waals surface area contributed by atoms with Gasteiger partial charge in [-0.3, -0.25) is 0 Å². The van der Waals surface area contributed by atoms with Crippen molar-refractivity contribution >= 4 is 28.3 Å². The Kier molecular flexibility index (Phi) is 3.86. The van der Waals surface area contributed by atoms with Crippen molar-refractivity contribution in [1.82, 2.24) is 0 Å². The minimum atomic E-state index is -0.0714. The number of hydrogen-bond acceptors (Lipinski definition) is 2. The Hall–Kier alpha value is -0.290. The fraction of sp³-hybridized carbons (Fsp3) is 0.500. The van der Waals surface area contributed by atoms with Crippen LogP contribution in [0.4, 0.5) is 5.69 Å². The van der Waals surface area contributed by atoms with Crippen LogP contribution in [0.15, 0.2) is 24.3 Å².